The number of alkyl halides is 2. The van der Waals surface area contributed by atoms with Gasteiger partial charge in [0.05, 0.1) is 4.92 Å². The third-order valence-corrected chi connectivity index (χ3v) is 3.41. The van der Waals surface area contributed by atoms with Crippen molar-refractivity contribution in [1.29, 1.82) is 0 Å². The topological polar surface area (TPSA) is 122 Å². The number of nitro groups is 1. The van der Waals surface area contributed by atoms with E-state index in [1.54, 1.807) is 0 Å². The summed E-state index contributed by atoms with van der Waals surface area (Å²) in [6.45, 7) is 0. The molecule has 1 aromatic carbocycles. The number of amides is 1. The van der Waals surface area contributed by atoms with E-state index in [0.29, 0.717) is 0 Å². The first-order valence-corrected chi connectivity index (χ1v) is 7.14. The van der Waals surface area contributed by atoms with E-state index >= 15 is 0 Å². The highest BCUT2D eigenvalue weighted by atomic mass is 19.3. The zero-order valence-corrected chi connectivity index (χ0v) is 12.4. The summed E-state index contributed by atoms with van der Waals surface area (Å²) in [6, 6.07) is 1.98. The SMILES string of the molecule is O=C(NC(CC(F)F)C(=O)O)c1ccc(NC2CC2)c([N+](=O)[O-])c1. The molecule has 0 bridgehead atoms. The highest BCUT2D eigenvalue weighted by Gasteiger charge is 2.27. The first kappa shape index (κ1) is 17.6. The van der Waals surface area contributed by atoms with Crippen LogP contribution in [0.5, 0.6) is 0 Å². The number of hydrogen-bond donors (Lipinski definition) is 3. The summed E-state index contributed by atoms with van der Waals surface area (Å²) >= 11 is 0. The normalized spacial score (nSPS) is 15.0. The van der Waals surface area contributed by atoms with Crippen molar-refractivity contribution in [2.24, 2.45) is 0 Å². The van der Waals surface area contributed by atoms with Crippen molar-refractivity contribution in [3.63, 3.8) is 0 Å². The van der Waals surface area contributed by atoms with Gasteiger partial charge in [-0.25, -0.2) is 13.6 Å². The zero-order valence-electron chi connectivity index (χ0n) is 12.4. The molecule has 1 fully saturated rings. The second-order valence-corrected chi connectivity index (χ2v) is 5.40. The van der Waals surface area contributed by atoms with Crippen molar-refractivity contribution < 1.29 is 28.4 Å². The predicted molar refractivity (Wildman–Crippen MR) is 79.3 cm³/mol. The number of hydrogen-bond acceptors (Lipinski definition) is 5. The van der Waals surface area contributed by atoms with E-state index in [1.807, 2.05) is 5.32 Å². The second-order valence-electron chi connectivity index (χ2n) is 5.40. The molecule has 0 radical (unpaired) electrons. The Bertz CT molecular complexity index is 664. The average molecular weight is 343 g/mol. The van der Waals surface area contributed by atoms with Gasteiger partial charge in [-0.3, -0.25) is 14.9 Å². The average Bonchev–Trinajstić information content (AvgIpc) is 3.30. The van der Waals surface area contributed by atoms with Crippen LogP contribution in [0.3, 0.4) is 0 Å². The molecule has 10 heteroatoms. The number of halogens is 2. The summed E-state index contributed by atoms with van der Waals surface area (Å²) in [5, 5.41) is 24.9. The lowest BCUT2D eigenvalue weighted by atomic mass is 10.1. The van der Waals surface area contributed by atoms with E-state index in [2.05, 4.69) is 5.32 Å². The van der Waals surface area contributed by atoms with Gasteiger partial charge >= 0.3 is 5.97 Å². The van der Waals surface area contributed by atoms with Gasteiger partial charge in [0.2, 0.25) is 6.43 Å². The van der Waals surface area contributed by atoms with E-state index in [4.69, 9.17) is 5.11 Å². The molecule has 0 aromatic heterocycles. The van der Waals surface area contributed by atoms with Crippen molar-refractivity contribution in [3.8, 4) is 0 Å². The van der Waals surface area contributed by atoms with Crippen LogP contribution < -0.4 is 10.6 Å². The van der Waals surface area contributed by atoms with Crippen LogP contribution in [0.25, 0.3) is 0 Å². The van der Waals surface area contributed by atoms with E-state index in [1.165, 1.54) is 12.1 Å². The molecule has 1 aromatic rings. The van der Waals surface area contributed by atoms with E-state index in [9.17, 15) is 28.5 Å². The van der Waals surface area contributed by atoms with E-state index < -0.39 is 35.7 Å². The van der Waals surface area contributed by atoms with Crippen LogP contribution in [-0.2, 0) is 4.79 Å². The number of carboxylic acid groups (broad SMARTS) is 1. The maximum atomic E-state index is 12.3. The number of carbonyl (C=O) groups excluding carboxylic acids is 1. The van der Waals surface area contributed by atoms with Crippen LogP contribution in [0.15, 0.2) is 18.2 Å². The molecular weight excluding hydrogens is 328 g/mol. The van der Waals surface area contributed by atoms with Crippen LogP contribution in [0.4, 0.5) is 20.2 Å². The Morgan fingerprint density at radius 3 is 2.54 bits per heavy atom. The lowest BCUT2D eigenvalue weighted by Crippen LogP contribution is -2.42. The molecule has 0 heterocycles. The van der Waals surface area contributed by atoms with Crippen molar-refractivity contribution >= 4 is 23.3 Å². The minimum absolute atomic E-state index is 0.158. The van der Waals surface area contributed by atoms with Crippen molar-refractivity contribution in [2.45, 2.75) is 37.8 Å². The Balaban J connectivity index is 2.17. The molecule has 1 unspecified atom stereocenters. The summed E-state index contributed by atoms with van der Waals surface area (Å²) in [4.78, 5) is 33.3. The van der Waals surface area contributed by atoms with Gasteiger partial charge in [-0.15, -0.1) is 0 Å². The fourth-order valence-corrected chi connectivity index (χ4v) is 2.03. The molecule has 0 saturated heterocycles. The number of carbonyl (C=O) groups is 2. The van der Waals surface area contributed by atoms with Crippen LogP contribution in [0.1, 0.15) is 29.6 Å². The van der Waals surface area contributed by atoms with E-state index in [-0.39, 0.29) is 23.0 Å². The van der Waals surface area contributed by atoms with Crippen LogP contribution in [0.2, 0.25) is 0 Å². The third-order valence-electron chi connectivity index (χ3n) is 3.41. The quantitative estimate of drug-likeness (QED) is 0.490. The summed E-state index contributed by atoms with van der Waals surface area (Å²) < 4.78 is 24.7. The maximum absolute atomic E-state index is 12.3. The van der Waals surface area contributed by atoms with Gasteiger partial charge in [-0.2, -0.15) is 0 Å². The first-order valence-electron chi connectivity index (χ1n) is 7.14. The molecule has 1 saturated carbocycles. The summed E-state index contributed by atoms with van der Waals surface area (Å²) in [5.41, 5.74) is -0.264. The molecule has 24 heavy (non-hydrogen) atoms. The standard InChI is InChI=1S/C14H15F2N3O5/c15-12(16)6-10(14(21)22)18-13(20)7-1-4-9(17-8-2-3-8)11(5-7)19(23)24/h1,4-5,8,10,12,17H,2-3,6H2,(H,18,20)(H,21,22). The Hall–Kier alpha value is -2.78. The number of anilines is 1. The summed E-state index contributed by atoms with van der Waals surface area (Å²) in [6.07, 6.45) is -2.17. The lowest BCUT2D eigenvalue weighted by Gasteiger charge is -2.14. The number of carboxylic acids is 1. The van der Waals surface area contributed by atoms with Gasteiger partial charge in [-0.05, 0) is 25.0 Å². The molecule has 1 amide bonds. The molecule has 0 spiro atoms. The maximum Gasteiger partial charge on any atom is 0.326 e. The number of aliphatic carboxylic acids is 1. The number of nitrogens with zero attached hydrogens (tertiary/aromatic N) is 1. The summed E-state index contributed by atoms with van der Waals surface area (Å²) in [5.74, 6) is -2.57. The third kappa shape index (κ3) is 4.61. The van der Waals surface area contributed by atoms with Gasteiger partial charge in [0, 0.05) is 24.1 Å². The molecule has 0 aliphatic heterocycles. The minimum atomic E-state index is -2.91. The molecule has 130 valence electrons. The number of rotatable bonds is 8. The number of nitro benzene ring substituents is 1. The lowest BCUT2D eigenvalue weighted by molar-refractivity contribution is -0.384. The van der Waals surface area contributed by atoms with E-state index in [0.717, 1.165) is 18.9 Å². The number of benzene rings is 1. The zero-order chi connectivity index (χ0) is 17.9. The molecular formula is C14H15F2N3O5. The molecule has 1 aliphatic carbocycles. The largest absolute Gasteiger partial charge is 0.480 e. The number of nitrogens with one attached hydrogen (secondary N) is 2. The minimum Gasteiger partial charge on any atom is -0.480 e. The molecule has 2 rings (SSSR count). The fourth-order valence-electron chi connectivity index (χ4n) is 2.03. The fraction of sp³-hybridized carbons (Fsp3) is 0.429. The highest BCUT2D eigenvalue weighted by molar-refractivity contribution is 5.97. The Morgan fingerprint density at radius 1 is 1.38 bits per heavy atom. The van der Waals surface area contributed by atoms with Crippen LogP contribution >= 0.6 is 0 Å². The van der Waals surface area contributed by atoms with Gasteiger partial charge in [0.15, 0.2) is 0 Å². The predicted octanol–water partition coefficient (Wildman–Crippen LogP) is 2.01. The highest BCUT2D eigenvalue weighted by Crippen LogP contribution is 2.31. The van der Waals surface area contributed by atoms with Gasteiger partial charge in [0.1, 0.15) is 11.7 Å². The Labute approximate surface area is 135 Å². The first-order chi connectivity index (χ1) is 11.3. The molecule has 3 N–H and O–H groups in total. The Kier molecular flexibility index (Phi) is 5.27. The smallest absolute Gasteiger partial charge is 0.326 e. The van der Waals surface area contributed by atoms with Gasteiger partial charge < -0.3 is 15.7 Å². The monoisotopic (exact) mass is 343 g/mol. The van der Waals surface area contributed by atoms with Crippen molar-refractivity contribution in [2.75, 3.05) is 5.32 Å². The van der Waals surface area contributed by atoms with Crippen molar-refractivity contribution in [1.82, 2.24) is 5.32 Å². The van der Waals surface area contributed by atoms with Crippen LogP contribution in [-0.4, -0.2) is 40.4 Å². The summed E-state index contributed by atoms with van der Waals surface area (Å²) in [7, 11) is 0. The van der Waals surface area contributed by atoms with Crippen molar-refractivity contribution in [3.05, 3.63) is 33.9 Å². The van der Waals surface area contributed by atoms with Gasteiger partial charge in [-0.1, -0.05) is 0 Å². The molecule has 8 nitrogen and oxygen atoms in total. The van der Waals surface area contributed by atoms with Crippen LogP contribution in [0, 0.1) is 10.1 Å². The molecule has 1 atom stereocenters. The second kappa shape index (κ2) is 7.20. The Morgan fingerprint density at radius 2 is 2.04 bits per heavy atom. The van der Waals surface area contributed by atoms with Gasteiger partial charge in [0.25, 0.3) is 11.6 Å². The molecule has 1 aliphatic rings.